The fourth-order valence-corrected chi connectivity index (χ4v) is 6.64. The summed E-state index contributed by atoms with van der Waals surface area (Å²) in [6, 6.07) is 33.4. The summed E-state index contributed by atoms with van der Waals surface area (Å²) in [6.45, 7) is 0.190. The first-order valence-electron chi connectivity index (χ1n) is 18.1. The van der Waals surface area contributed by atoms with Crippen LogP contribution in [0.3, 0.4) is 0 Å². The lowest BCUT2D eigenvalue weighted by Crippen LogP contribution is -2.31. The molecule has 0 saturated carbocycles. The molecule has 0 radical (unpaired) electrons. The summed E-state index contributed by atoms with van der Waals surface area (Å²) >= 11 is 0. The van der Waals surface area contributed by atoms with Crippen LogP contribution in [0, 0.1) is 0 Å². The molecule has 1 atom stereocenters. The number of ether oxygens (including phenoxy) is 7. The summed E-state index contributed by atoms with van der Waals surface area (Å²) in [7, 11) is 4.63. The summed E-state index contributed by atoms with van der Waals surface area (Å²) in [5, 5.41) is 3.06. The number of amides is 2. The smallest absolute Gasteiger partial charge is 0.407 e. The number of alkyl carbamates (subject to hydrolysis) is 1. The van der Waals surface area contributed by atoms with Crippen molar-refractivity contribution < 1.29 is 47.5 Å². The highest BCUT2D eigenvalue weighted by Gasteiger charge is 2.30. The van der Waals surface area contributed by atoms with Gasteiger partial charge in [-0.3, -0.25) is 9.59 Å². The number of fused-ring (bicyclic) bond motifs is 3. The zero-order chi connectivity index (χ0) is 39.4. The second kappa shape index (κ2) is 18.6. The van der Waals surface area contributed by atoms with Gasteiger partial charge in [0.15, 0.2) is 6.61 Å². The van der Waals surface area contributed by atoms with Crippen LogP contribution >= 0.6 is 0 Å². The highest BCUT2D eigenvalue weighted by Crippen LogP contribution is 2.44. The van der Waals surface area contributed by atoms with Crippen LogP contribution in [0.15, 0.2) is 109 Å². The Bertz CT molecular complexity index is 2110. The summed E-state index contributed by atoms with van der Waals surface area (Å²) in [4.78, 5) is 37.0. The second-order valence-electron chi connectivity index (χ2n) is 12.9. The van der Waals surface area contributed by atoms with Crippen molar-refractivity contribution in [2.24, 2.45) is 5.73 Å². The number of rotatable bonds is 18. The van der Waals surface area contributed by atoms with Crippen molar-refractivity contribution in [3.8, 4) is 39.9 Å². The molecule has 56 heavy (non-hydrogen) atoms. The Labute approximate surface area is 325 Å². The lowest BCUT2D eigenvalue weighted by molar-refractivity contribution is -0.145. The molecule has 0 spiro atoms. The minimum absolute atomic E-state index is 0.00461. The van der Waals surface area contributed by atoms with Crippen molar-refractivity contribution in [1.29, 1.82) is 0 Å². The number of esters is 1. The zero-order valence-electron chi connectivity index (χ0n) is 31.4. The maximum absolute atomic E-state index is 13.5. The molecular weight excluding hydrogens is 716 g/mol. The molecule has 290 valence electrons. The number of hydrogen-bond acceptors (Lipinski definition) is 10. The largest absolute Gasteiger partial charge is 0.497 e. The molecule has 1 aliphatic carbocycles. The molecule has 2 amide bonds. The first-order valence-corrected chi connectivity index (χ1v) is 18.1. The van der Waals surface area contributed by atoms with Gasteiger partial charge in [0.25, 0.3) is 5.91 Å². The lowest BCUT2D eigenvalue weighted by atomic mass is 9.97. The summed E-state index contributed by atoms with van der Waals surface area (Å²) in [6.07, 6.45) is -0.0115. The molecule has 0 bridgehead atoms. The van der Waals surface area contributed by atoms with E-state index in [4.69, 9.17) is 38.9 Å². The normalized spacial score (nSPS) is 12.1. The Morgan fingerprint density at radius 3 is 2.00 bits per heavy atom. The number of hydrogen-bond donors (Lipinski definition) is 2. The first kappa shape index (κ1) is 39.0. The highest BCUT2D eigenvalue weighted by molar-refractivity contribution is 5.79. The third kappa shape index (κ3) is 9.51. The molecule has 1 unspecified atom stereocenters. The molecule has 1 aliphatic rings. The summed E-state index contributed by atoms with van der Waals surface area (Å²) in [5.41, 5.74) is 11.8. The number of carbonyl (C=O) groups excluding carboxylic acids is 3. The van der Waals surface area contributed by atoms with Crippen molar-refractivity contribution in [3.63, 3.8) is 0 Å². The minimum atomic E-state index is -0.632. The Morgan fingerprint density at radius 2 is 1.34 bits per heavy atom. The van der Waals surface area contributed by atoms with E-state index in [9.17, 15) is 14.4 Å². The van der Waals surface area contributed by atoms with Gasteiger partial charge in [0.2, 0.25) is 0 Å². The molecule has 0 heterocycles. The maximum atomic E-state index is 13.5. The van der Waals surface area contributed by atoms with Gasteiger partial charge in [-0.2, -0.15) is 0 Å². The molecule has 5 aromatic rings. The predicted octanol–water partition coefficient (Wildman–Crippen LogP) is 7.11. The molecule has 3 N–H and O–H groups in total. The number of nitrogens with one attached hydrogen (secondary N) is 1. The van der Waals surface area contributed by atoms with Crippen LogP contribution in [0.1, 0.15) is 52.6 Å². The Kier molecular flexibility index (Phi) is 12.9. The highest BCUT2D eigenvalue weighted by atomic mass is 16.6. The van der Waals surface area contributed by atoms with Crippen LogP contribution in [-0.2, 0) is 25.7 Å². The van der Waals surface area contributed by atoms with E-state index < -0.39 is 24.0 Å². The van der Waals surface area contributed by atoms with Crippen LogP contribution in [0.5, 0.6) is 28.7 Å². The number of primary amides is 1. The predicted molar refractivity (Wildman–Crippen MR) is 208 cm³/mol. The van der Waals surface area contributed by atoms with Crippen LogP contribution in [0.2, 0.25) is 0 Å². The van der Waals surface area contributed by atoms with Crippen molar-refractivity contribution in [2.75, 3.05) is 41.2 Å². The molecular formula is C44H44N2O10. The van der Waals surface area contributed by atoms with Crippen molar-refractivity contribution >= 4 is 18.0 Å². The topological polar surface area (TPSA) is 154 Å². The first-order chi connectivity index (χ1) is 27.3. The average Bonchev–Trinajstić information content (AvgIpc) is 3.55. The number of methoxy groups -OCH3 is 3. The monoisotopic (exact) mass is 760 g/mol. The molecule has 12 nitrogen and oxygen atoms in total. The van der Waals surface area contributed by atoms with Gasteiger partial charge in [-0.1, -0.05) is 60.7 Å². The second-order valence-corrected chi connectivity index (χ2v) is 12.9. The number of nitrogens with two attached hydrogens (primary N) is 1. The minimum Gasteiger partial charge on any atom is -0.497 e. The van der Waals surface area contributed by atoms with Crippen LogP contribution in [-0.4, -0.2) is 59.1 Å². The summed E-state index contributed by atoms with van der Waals surface area (Å²) in [5.74, 6) is 1.52. The molecule has 0 saturated heterocycles. The van der Waals surface area contributed by atoms with Crippen LogP contribution in [0.4, 0.5) is 4.79 Å². The Hall–Kier alpha value is -6.69. The van der Waals surface area contributed by atoms with Crippen molar-refractivity contribution in [1.82, 2.24) is 5.32 Å². The van der Waals surface area contributed by atoms with Crippen LogP contribution < -0.4 is 34.7 Å². The molecule has 0 fully saturated rings. The van der Waals surface area contributed by atoms with Gasteiger partial charge in [0.1, 0.15) is 42.0 Å². The lowest BCUT2D eigenvalue weighted by Gasteiger charge is -2.23. The van der Waals surface area contributed by atoms with Gasteiger partial charge in [0.05, 0.1) is 34.0 Å². The van der Waals surface area contributed by atoms with E-state index in [1.54, 1.807) is 50.6 Å². The maximum Gasteiger partial charge on any atom is 0.407 e. The third-order valence-electron chi connectivity index (χ3n) is 9.39. The molecule has 0 aromatic heterocycles. The van der Waals surface area contributed by atoms with E-state index in [1.807, 2.05) is 48.5 Å². The molecule has 6 rings (SSSR count). The fraction of sp³-hybridized carbons (Fsp3) is 0.250. The number of carbonyl (C=O) groups is 3. The zero-order valence-corrected chi connectivity index (χ0v) is 31.4. The van der Waals surface area contributed by atoms with E-state index in [1.165, 1.54) is 7.11 Å². The van der Waals surface area contributed by atoms with Gasteiger partial charge in [0, 0.05) is 35.6 Å². The van der Waals surface area contributed by atoms with Gasteiger partial charge < -0.3 is 44.2 Å². The quantitative estimate of drug-likeness (QED) is 0.0698. The number of benzene rings is 5. The average molecular weight is 761 g/mol. The Morgan fingerprint density at radius 1 is 0.696 bits per heavy atom. The Balaban J connectivity index is 1.05. The van der Waals surface area contributed by atoms with Crippen LogP contribution in [0.25, 0.3) is 11.1 Å². The van der Waals surface area contributed by atoms with Crippen molar-refractivity contribution in [3.05, 3.63) is 137 Å². The van der Waals surface area contributed by atoms with Crippen molar-refractivity contribution in [2.45, 2.75) is 31.4 Å². The molecule has 0 aliphatic heterocycles. The van der Waals surface area contributed by atoms with Gasteiger partial charge >= 0.3 is 12.1 Å². The van der Waals surface area contributed by atoms with E-state index in [2.05, 4.69) is 29.6 Å². The SMILES string of the molecule is COc1ccc(C(NC(=O)OCC2c3ccccc3-c3ccccc32)c2ccc(OCCCC(=O)OCc3ccc(OCC(N)=O)cc3OC)cc2)c(OC)c1. The summed E-state index contributed by atoms with van der Waals surface area (Å²) < 4.78 is 39.1. The molecule has 5 aromatic carbocycles. The van der Waals surface area contributed by atoms with E-state index in [0.717, 1.165) is 27.8 Å². The van der Waals surface area contributed by atoms with E-state index in [0.29, 0.717) is 46.3 Å². The fourth-order valence-electron chi connectivity index (χ4n) is 6.64. The van der Waals surface area contributed by atoms with E-state index in [-0.39, 0.29) is 38.8 Å². The van der Waals surface area contributed by atoms with Gasteiger partial charge in [-0.25, -0.2) is 4.79 Å². The van der Waals surface area contributed by atoms with Gasteiger partial charge in [-0.05, 0) is 70.6 Å². The van der Waals surface area contributed by atoms with Gasteiger partial charge in [-0.15, -0.1) is 0 Å². The molecule has 12 heteroatoms. The third-order valence-corrected chi connectivity index (χ3v) is 9.39. The standard InChI is InChI=1S/C44H44N2O10/c1-50-31-20-21-37(40(23-31)52-3)43(46-44(49)56-26-38-35-11-6-4-9-33(35)34-10-5-7-12-36(34)38)28-14-17-30(18-15-28)53-22-8-13-42(48)55-25-29-16-19-32(24-39(29)51-2)54-27-41(45)47/h4-7,9-12,14-21,23-24,38,43H,8,13,22,25-27H2,1-3H3,(H2,45,47)(H,46,49). The van der Waals surface area contributed by atoms with E-state index >= 15 is 0 Å².